The molecule has 6 heteroatoms. The summed E-state index contributed by atoms with van der Waals surface area (Å²) < 4.78 is 28.7. The Labute approximate surface area is 116 Å². The fraction of sp³-hybridized carbons (Fsp3) is 0.500. The highest BCUT2D eigenvalue weighted by molar-refractivity contribution is 5.94. The SMILES string of the molecule is CC1(C)CN(C(=O)c2cccc(OC(F)F)c2)CCN1. The first kappa shape index (κ1) is 14.7. The number of nitrogens with one attached hydrogen (secondary N) is 1. The van der Waals surface area contributed by atoms with Gasteiger partial charge < -0.3 is 15.0 Å². The number of rotatable bonds is 3. The minimum Gasteiger partial charge on any atom is -0.435 e. The molecule has 20 heavy (non-hydrogen) atoms. The quantitative estimate of drug-likeness (QED) is 0.924. The van der Waals surface area contributed by atoms with Gasteiger partial charge in [-0.15, -0.1) is 0 Å². The Bertz CT molecular complexity index is 492. The lowest BCUT2D eigenvalue weighted by atomic mass is 10.0. The number of carbonyl (C=O) groups excluding carboxylic acids is 1. The molecular formula is C14H18F2N2O2. The number of alkyl halides is 2. The summed E-state index contributed by atoms with van der Waals surface area (Å²) in [4.78, 5) is 14.1. The summed E-state index contributed by atoms with van der Waals surface area (Å²) in [6.45, 7) is 3.03. The Balaban J connectivity index is 2.12. The Morgan fingerprint density at radius 3 is 2.85 bits per heavy atom. The second-order valence-corrected chi connectivity index (χ2v) is 5.44. The molecule has 1 aliphatic rings. The zero-order valence-electron chi connectivity index (χ0n) is 11.5. The summed E-state index contributed by atoms with van der Waals surface area (Å²) >= 11 is 0. The average molecular weight is 284 g/mol. The van der Waals surface area contributed by atoms with E-state index in [0.29, 0.717) is 25.2 Å². The third-order valence-corrected chi connectivity index (χ3v) is 3.16. The van der Waals surface area contributed by atoms with Crippen LogP contribution in [0.3, 0.4) is 0 Å². The van der Waals surface area contributed by atoms with E-state index in [0.717, 1.165) is 0 Å². The maximum absolute atomic E-state index is 12.4. The van der Waals surface area contributed by atoms with Gasteiger partial charge in [-0.25, -0.2) is 0 Å². The number of hydrogen-bond acceptors (Lipinski definition) is 3. The van der Waals surface area contributed by atoms with Crippen LogP contribution in [0.25, 0.3) is 0 Å². The van der Waals surface area contributed by atoms with Crippen molar-refractivity contribution in [1.29, 1.82) is 0 Å². The fourth-order valence-corrected chi connectivity index (χ4v) is 2.30. The highest BCUT2D eigenvalue weighted by atomic mass is 19.3. The zero-order chi connectivity index (χ0) is 14.8. The van der Waals surface area contributed by atoms with Crippen molar-refractivity contribution in [3.63, 3.8) is 0 Å². The van der Waals surface area contributed by atoms with Gasteiger partial charge in [-0.3, -0.25) is 4.79 Å². The zero-order valence-corrected chi connectivity index (χ0v) is 11.5. The largest absolute Gasteiger partial charge is 0.435 e. The van der Waals surface area contributed by atoms with Gasteiger partial charge in [0.25, 0.3) is 5.91 Å². The molecule has 1 aliphatic heterocycles. The van der Waals surface area contributed by atoms with E-state index in [4.69, 9.17) is 0 Å². The summed E-state index contributed by atoms with van der Waals surface area (Å²) in [5, 5.41) is 3.31. The van der Waals surface area contributed by atoms with Crippen molar-refractivity contribution in [2.75, 3.05) is 19.6 Å². The minimum absolute atomic E-state index is 0.000227. The highest BCUT2D eigenvalue weighted by Gasteiger charge is 2.29. The summed E-state index contributed by atoms with van der Waals surface area (Å²) in [5.41, 5.74) is 0.214. The van der Waals surface area contributed by atoms with Gasteiger partial charge in [0, 0.05) is 30.7 Å². The van der Waals surface area contributed by atoms with Crippen LogP contribution >= 0.6 is 0 Å². The van der Waals surface area contributed by atoms with Crippen LogP contribution in [0.4, 0.5) is 8.78 Å². The highest BCUT2D eigenvalue weighted by Crippen LogP contribution is 2.19. The van der Waals surface area contributed by atoms with E-state index in [9.17, 15) is 13.6 Å². The monoisotopic (exact) mass is 284 g/mol. The number of piperazine rings is 1. The number of benzene rings is 1. The van der Waals surface area contributed by atoms with Crippen molar-refractivity contribution in [3.05, 3.63) is 29.8 Å². The van der Waals surface area contributed by atoms with E-state index in [1.165, 1.54) is 18.2 Å². The predicted molar refractivity (Wildman–Crippen MR) is 71.1 cm³/mol. The Kier molecular flexibility index (Phi) is 4.23. The molecule has 1 aromatic carbocycles. The second kappa shape index (κ2) is 5.75. The molecule has 0 atom stereocenters. The first-order chi connectivity index (χ1) is 9.37. The van der Waals surface area contributed by atoms with Gasteiger partial charge >= 0.3 is 6.61 Å². The van der Waals surface area contributed by atoms with Gasteiger partial charge in [-0.05, 0) is 32.0 Å². The predicted octanol–water partition coefficient (Wildman–Crippen LogP) is 2.11. The molecule has 4 nitrogen and oxygen atoms in total. The van der Waals surface area contributed by atoms with Crippen LogP contribution in [0, 0.1) is 0 Å². The van der Waals surface area contributed by atoms with Crippen molar-refractivity contribution in [2.45, 2.75) is 26.0 Å². The average Bonchev–Trinajstić information content (AvgIpc) is 2.36. The summed E-state index contributed by atoms with van der Waals surface area (Å²) in [6.07, 6.45) is 0. The summed E-state index contributed by atoms with van der Waals surface area (Å²) in [5.74, 6) is -0.167. The third kappa shape index (κ3) is 3.66. The van der Waals surface area contributed by atoms with E-state index < -0.39 is 6.61 Å². The molecule has 1 amide bonds. The Hall–Kier alpha value is -1.69. The molecule has 1 fully saturated rings. The van der Waals surface area contributed by atoms with Crippen molar-refractivity contribution < 1.29 is 18.3 Å². The smallest absolute Gasteiger partial charge is 0.387 e. The molecule has 0 saturated carbocycles. The van der Waals surface area contributed by atoms with E-state index in [-0.39, 0.29) is 17.2 Å². The van der Waals surface area contributed by atoms with Crippen molar-refractivity contribution in [1.82, 2.24) is 10.2 Å². The molecule has 2 rings (SSSR count). The molecular weight excluding hydrogens is 266 g/mol. The Morgan fingerprint density at radius 2 is 2.20 bits per heavy atom. The van der Waals surface area contributed by atoms with Crippen molar-refractivity contribution >= 4 is 5.91 Å². The molecule has 0 unspecified atom stereocenters. The maximum atomic E-state index is 12.4. The molecule has 1 heterocycles. The summed E-state index contributed by atoms with van der Waals surface area (Å²) in [7, 11) is 0. The van der Waals surface area contributed by atoms with Gasteiger partial charge in [-0.1, -0.05) is 6.07 Å². The third-order valence-electron chi connectivity index (χ3n) is 3.16. The molecule has 110 valence electrons. The molecule has 0 aliphatic carbocycles. The number of nitrogens with zero attached hydrogens (tertiary/aromatic N) is 1. The van der Waals surface area contributed by atoms with Gasteiger partial charge in [0.2, 0.25) is 0 Å². The van der Waals surface area contributed by atoms with E-state index in [1.54, 1.807) is 11.0 Å². The van der Waals surface area contributed by atoms with Gasteiger partial charge in [0.15, 0.2) is 0 Å². The van der Waals surface area contributed by atoms with Crippen LogP contribution in [0.5, 0.6) is 5.75 Å². The van der Waals surface area contributed by atoms with E-state index in [2.05, 4.69) is 10.1 Å². The lowest BCUT2D eigenvalue weighted by molar-refractivity contribution is -0.0499. The minimum atomic E-state index is -2.89. The number of hydrogen-bond donors (Lipinski definition) is 1. The fourth-order valence-electron chi connectivity index (χ4n) is 2.30. The van der Waals surface area contributed by atoms with Gasteiger partial charge in [0.05, 0.1) is 0 Å². The molecule has 0 bridgehead atoms. The summed E-state index contributed by atoms with van der Waals surface area (Å²) in [6, 6.07) is 5.90. The van der Waals surface area contributed by atoms with Crippen LogP contribution in [0.15, 0.2) is 24.3 Å². The van der Waals surface area contributed by atoms with Crippen molar-refractivity contribution in [3.8, 4) is 5.75 Å². The standard InChI is InChI=1S/C14H18F2N2O2/c1-14(2)9-18(7-6-17-14)12(19)10-4-3-5-11(8-10)20-13(15)16/h3-5,8,13,17H,6-7,9H2,1-2H3. The van der Waals surface area contributed by atoms with Crippen LogP contribution in [-0.2, 0) is 0 Å². The number of carbonyl (C=O) groups is 1. The van der Waals surface area contributed by atoms with Crippen LogP contribution in [0.1, 0.15) is 24.2 Å². The van der Waals surface area contributed by atoms with Gasteiger partial charge in [-0.2, -0.15) is 8.78 Å². The second-order valence-electron chi connectivity index (χ2n) is 5.44. The van der Waals surface area contributed by atoms with Crippen molar-refractivity contribution in [2.24, 2.45) is 0 Å². The Morgan fingerprint density at radius 1 is 1.45 bits per heavy atom. The van der Waals surface area contributed by atoms with E-state index >= 15 is 0 Å². The normalized spacial score (nSPS) is 18.1. The van der Waals surface area contributed by atoms with Crippen LogP contribution in [0.2, 0.25) is 0 Å². The van der Waals surface area contributed by atoms with Gasteiger partial charge in [0.1, 0.15) is 5.75 Å². The molecule has 1 aromatic rings. The molecule has 1 N–H and O–H groups in total. The van der Waals surface area contributed by atoms with Crippen LogP contribution in [-0.4, -0.2) is 42.6 Å². The lowest BCUT2D eigenvalue weighted by Crippen LogP contribution is -2.58. The van der Waals surface area contributed by atoms with E-state index in [1.807, 2.05) is 13.8 Å². The lowest BCUT2D eigenvalue weighted by Gasteiger charge is -2.39. The number of amides is 1. The first-order valence-corrected chi connectivity index (χ1v) is 6.46. The number of ether oxygens (including phenoxy) is 1. The maximum Gasteiger partial charge on any atom is 0.387 e. The molecule has 1 saturated heterocycles. The van der Waals surface area contributed by atoms with Crippen LogP contribution < -0.4 is 10.1 Å². The number of halogens is 2. The molecule has 0 radical (unpaired) electrons. The molecule has 0 aromatic heterocycles. The topological polar surface area (TPSA) is 41.6 Å². The first-order valence-electron chi connectivity index (χ1n) is 6.46. The molecule has 0 spiro atoms.